The zero-order valence-corrected chi connectivity index (χ0v) is 17.3. The van der Waals surface area contributed by atoms with E-state index in [1.165, 1.54) is 19.1 Å². The molecule has 2 saturated heterocycles. The van der Waals surface area contributed by atoms with Gasteiger partial charge in [0.05, 0.1) is 30.8 Å². The number of carbonyl (C=O) groups is 1. The lowest BCUT2D eigenvalue weighted by Crippen LogP contribution is -2.44. The van der Waals surface area contributed by atoms with Crippen molar-refractivity contribution in [3.8, 4) is 0 Å². The number of benzene rings is 2. The van der Waals surface area contributed by atoms with Crippen molar-refractivity contribution < 1.29 is 27.4 Å². The maximum Gasteiger partial charge on any atom is 0.240 e. The first kappa shape index (κ1) is 21.0. The van der Waals surface area contributed by atoms with Crippen LogP contribution in [-0.2, 0) is 35.6 Å². The highest BCUT2D eigenvalue weighted by Gasteiger charge is 2.49. The smallest absolute Gasteiger partial charge is 0.240 e. The third-order valence-corrected chi connectivity index (χ3v) is 6.61. The summed E-state index contributed by atoms with van der Waals surface area (Å²) in [5, 5.41) is 2.61. The van der Waals surface area contributed by atoms with E-state index in [1.54, 1.807) is 12.1 Å². The van der Waals surface area contributed by atoms with Crippen LogP contribution in [0.3, 0.4) is 0 Å². The Morgan fingerprint density at radius 1 is 1.03 bits per heavy atom. The van der Waals surface area contributed by atoms with Gasteiger partial charge in [-0.3, -0.25) is 4.79 Å². The first-order valence-electron chi connectivity index (χ1n) is 9.71. The van der Waals surface area contributed by atoms with E-state index >= 15 is 0 Å². The van der Waals surface area contributed by atoms with Gasteiger partial charge in [-0.15, -0.1) is 0 Å². The van der Waals surface area contributed by atoms with E-state index in [9.17, 15) is 13.2 Å². The Labute approximate surface area is 175 Å². The molecule has 4 rings (SSSR count). The van der Waals surface area contributed by atoms with E-state index in [1.807, 2.05) is 30.3 Å². The summed E-state index contributed by atoms with van der Waals surface area (Å²) in [6.07, 6.45) is -0.968. The largest absolute Gasteiger partial charge is 0.371 e. The molecule has 2 aliphatic heterocycles. The molecule has 0 saturated carbocycles. The monoisotopic (exact) mass is 432 g/mol. The predicted octanol–water partition coefficient (Wildman–Crippen LogP) is 1.67. The van der Waals surface area contributed by atoms with Crippen molar-refractivity contribution in [2.75, 3.05) is 18.5 Å². The second-order valence-corrected chi connectivity index (χ2v) is 9.08. The minimum atomic E-state index is -3.76. The normalized spacial score (nSPS) is 25.8. The van der Waals surface area contributed by atoms with Crippen LogP contribution in [0.4, 0.5) is 5.69 Å². The molecule has 0 spiro atoms. The Bertz CT molecular complexity index is 980. The summed E-state index contributed by atoms with van der Waals surface area (Å²) in [6, 6.07) is 15.3. The highest BCUT2D eigenvalue weighted by molar-refractivity contribution is 7.89. The van der Waals surface area contributed by atoms with Gasteiger partial charge in [-0.2, -0.15) is 0 Å². The third kappa shape index (κ3) is 4.71. The van der Waals surface area contributed by atoms with Crippen LogP contribution >= 0.6 is 0 Å². The molecule has 2 fully saturated rings. The fourth-order valence-electron chi connectivity index (χ4n) is 3.67. The van der Waals surface area contributed by atoms with Crippen LogP contribution in [0.25, 0.3) is 0 Å². The van der Waals surface area contributed by atoms with Gasteiger partial charge in [0.15, 0.2) is 0 Å². The molecule has 0 radical (unpaired) electrons. The van der Waals surface area contributed by atoms with Crippen LogP contribution in [-0.4, -0.2) is 51.9 Å². The van der Waals surface area contributed by atoms with Crippen molar-refractivity contribution in [3.05, 3.63) is 60.2 Å². The van der Waals surface area contributed by atoms with Crippen molar-refractivity contribution in [2.24, 2.45) is 0 Å². The van der Waals surface area contributed by atoms with Crippen LogP contribution in [0, 0.1) is 0 Å². The van der Waals surface area contributed by atoms with Gasteiger partial charge in [-0.05, 0) is 29.8 Å². The third-order valence-electron chi connectivity index (χ3n) is 5.11. The molecular formula is C21H24N2O6S. The zero-order valence-electron chi connectivity index (χ0n) is 16.5. The van der Waals surface area contributed by atoms with E-state index in [-0.39, 0.29) is 29.6 Å². The van der Waals surface area contributed by atoms with Gasteiger partial charge in [0.2, 0.25) is 15.9 Å². The van der Waals surface area contributed by atoms with Gasteiger partial charge >= 0.3 is 0 Å². The molecule has 4 unspecified atom stereocenters. The Balaban J connectivity index is 1.36. The average Bonchev–Trinajstić information content (AvgIpc) is 3.30. The molecule has 8 nitrogen and oxygen atoms in total. The SMILES string of the molecule is CC(=O)Nc1ccc(S(=O)(=O)NC2COC3C(OCc4ccccc4)COC23)cc1. The number of amides is 1. The first-order chi connectivity index (χ1) is 14.4. The summed E-state index contributed by atoms with van der Waals surface area (Å²) in [7, 11) is -3.76. The number of carbonyl (C=O) groups excluding carboxylic acids is 1. The van der Waals surface area contributed by atoms with Crippen LogP contribution in [0.1, 0.15) is 12.5 Å². The molecule has 0 bridgehead atoms. The molecule has 2 N–H and O–H groups in total. The molecule has 30 heavy (non-hydrogen) atoms. The van der Waals surface area contributed by atoms with E-state index in [0.717, 1.165) is 5.56 Å². The number of hydrogen-bond acceptors (Lipinski definition) is 6. The quantitative estimate of drug-likeness (QED) is 0.690. The van der Waals surface area contributed by atoms with Gasteiger partial charge in [0.25, 0.3) is 0 Å². The lowest BCUT2D eigenvalue weighted by molar-refractivity contribution is -0.114. The fourth-order valence-corrected chi connectivity index (χ4v) is 4.90. The fraction of sp³-hybridized carbons (Fsp3) is 0.381. The summed E-state index contributed by atoms with van der Waals surface area (Å²) in [5.41, 5.74) is 1.59. The molecule has 1 amide bonds. The minimum absolute atomic E-state index is 0.106. The number of sulfonamides is 1. The van der Waals surface area contributed by atoms with Crippen molar-refractivity contribution in [2.45, 2.75) is 42.8 Å². The van der Waals surface area contributed by atoms with Crippen molar-refractivity contribution >= 4 is 21.6 Å². The topological polar surface area (TPSA) is 103 Å². The maximum atomic E-state index is 12.8. The highest BCUT2D eigenvalue weighted by atomic mass is 32.2. The Morgan fingerprint density at radius 3 is 2.43 bits per heavy atom. The van der Waals surface area contributed by atoms with Gasteiger partial charge in [-0.1, -0.05) is 30.3 Å². The number of ether oxygens (including phenoxy) is 3. The Morgan fingerprint density at radius 2 is 1.73 bits per heavy atom. The highest BCUT2D eigenvalue weighted by Crippen LogP contribution is 2.30. The summed E-state index contributed by atoms with van der Waals surface area (Å²) in [5.74, 6) is -0.222. The van der Waals surface area contributed by atoms with E-state index in [0.29, 0.717) is 18.9 Å². The van der Waals surface area contributed by atoms with Crippen LogP contribution < -0.4 is 10.0 Å². The van der Waals surface area contributed by atoms with Gasteiger partial charge in [-0.25, -0.2) is 13.1 Å². The summed E-state index contributed by atoms with van der Waals surface area (Å²) < 4.78 is 45.8. The van der Waals surface area contributed by atoms with E-state index in [2.05, 4.69) is 10.0 Å². The van der Waals surface area contributed by atoms with Crippen LogP contribution in [0.15, 0.2) is 59.5 Å². The second kappa shape index (κ2) is 8.83. The predicted molar refractivity (Wildman–Crippen MR) is 109 cm³/mol. The molecule has 0 aromatic heterocycles. The van der Waals surface area contributed by atoms with Gasteiger partial charge in [0, 0.05) is 12.6 Å². The molecule has 4 atom stereocenters. The van der Waals surface area contributed by atoms with Crippen LogP contribution in [0.5, 0.6) is 0 Å². The number of hydrogen-bond donors (Lipinski definition) is 2. The Hall–Kier alpha value is -2.30. The Kier molecular flexibility index (Phi) is 6.16. The number of nitrogens with one attached hydrogen (secondary N) is 2. The second-order valence-electron chi connectivity index (χ2n) is 7.36. The summed E-state index contributed by atoms with van der Waals surface area (Å²) in [4.78, 5) is 11.2. The molecule has 2 aromatic rings. The molecule has 2 heterocycles. The minimum Gasteiger partial charge on any atom is -0.371 e. The molecule has 2 aliphatic rings. The molecule has 160 valence electrons. The molecule has 0 aliphatic carbocycles. The lowest BCUT2D eigenvalue weighted by Gasteiger charge is -2.18. The number of fused-ring (bicyclic) bond motifs is 1. The maximum absolute atomic E-state index is 12.8. The lowest BCUT2D eigenvalue weighted by atomic mass is 10.1. The molecular weight excluding hydrogens is 408 g/mol. The van der Waals surface area contributed by atoms with Crippen molar-refractivity contribution in [1.29, 1.82) is 0 Å². The average molecular weight is 432 g/mol. The van der Waals surface area contributed by atoms with Gasteiger partial charge < -0.3 is 19.5 Å². The molecule has 9 heteroatoms. The standard InChI is InChI=1S/C21H24N2O6S/c1-14(24)22-16-7-9-17(10-8-16)30(25,26)23-18-12-28-21-19(13-29-20(18)21)27-11-15-5-3-2-4-6-15/h2-10,18-21,23H,11-13H2,1H3,(H,22,24). The first-order valence-corrected chi connectivity index (χ1v) is 11.2. The van der Waals surface area contributed by atoms with Crippen LogP contribution in [0.2, 0.25) is 0 Å². The zero-order chi connectivity index (χ0) is 21.1. The molecule has 2 aromatic carbocycles. The summed E-state index contributed by atoms with van der Waals surface area (Å²) >= 11 is 0. The van der Waals surface area contributed by atoms with E-state index < -0.39 is 22.2 Å². The number of rotatable bonds is 7. The number of anilines is 1. The van der Waals surface area contributed by atoms with Crippen molar-refractivity contribution in [1.82, 2.24) is 4.72 Å². The summed E-state index contributed by atoms with van der Waals surface area (Å²) in [6.45, 7) is 2.40. The van der Waals surface area contributed by atoms with Crippen molar-refractivity contribution in [3.63, 3.8) is 0 Å². The van der Waals surface area contributed by atoms with Gasteiger partial charge in [0.1, 0.15) is 18.3 Å². The van der Waals surface area contributed by atoms with E-state index in [4.69, 9.17) is 14.2 Å².